The summed E-state index contributed by atoms with van der Waals surface area (Å²) in [5.74, 6) is 2.72. The fourth-order valence-corrected chi connectivity index (χ4v) is 3.10. The number of methoxy groups -OCH3 is 1. The summed E-state index contributed by atoms with van der Waals surface area (Å²) < 4.78 is 7.42. The fraction of sp³-hybridized carbons (Fsp3) is 0.333. The number of aromatic nitrogens is 2. The Hall–Kier alpha value is -3.02. The molecule has 1 aromatic heterocycles. The second kappa shape index (κ2) is 9.07. The van der Waals surface area contributed by atoms with E-state index in [0.29, 0.717) is 0 Å². The van der Waals surface area contributed by atoms with E-state index in [1.807, 2.05) is 37.3 Å². The minimum Gasteiger partial charge on any atom is -0.497 e. The average Bonchev–Trinajstić information content (AvgIpc) is 3.02. The molecule has 3 rings (SSSR count). The maximum atomic E-state index is 5.19. The molecule has 27 heavy (non-hydrogen) atoms. The van der Waals surface area contributed by atoms with Crippen molar-refractivity contribution >= 4 is 17.0 Å². The van der Waals surface area contributed by atoms with Crippen LogP contribution in [0.2, 0.25) is 0 Å². The van der Waals surface area contributed by atoms with Crippen LogP contribution in [-0.2, 0) is 13.0 Å². The second-order valence-electron chi connectivity index (χ2n) is 6.32. The van der Waals surface area contributed by atoms with Crippen molar-refractivity contribution in [1.29, 1.82) is 0 Å². The molecule has 6 nitrogen and oxygen atoms in total. The van der Waals surface area contributed by atoms with Gasteiger partial charge in [0, 0.05) is 26.7 Å². The molecule has 0 atom stereocenters. The van der Waals surface area contributed by atoms with Crippen LogP contribution in [0, 0.1) is 6.92 Å². The van der Waals surface area contributed by atoms with Crippen molar-refractivity contribution in [2.45, 2.75) is 19.9 Å². The van der Waals surface area contributed by atoms with Gasteiger partial charge in [-0.3, -0.25) is 4.99 Å². The third-order valence-corrected chi connectivity index (χ3v) is 4.56. The number of nitrogens with one attached hydrogen (secondary N) is 2. The maximum Gasteiger partial charge on any atom is 0.191 e. The minimum atomic E-state index is 0.781. The lowest BCUT2D eigenvalue weighted by Crippen LogP contribution is -2.39. The van der Waals surface area contributed by atoms with Crippen molar-refractivity contribution in [3.63, 3.8) is 0 Å². The van der Waals surface area contributed by atoms with Crippen LogP contribution in [0.15, 0.2) is 53.5 Å². The van der Waals surface area contributed by atoms with E-state index >= 15 is 0 Å². The largest absolute Gasteiger partial charge is 0.497 e. The summed E-state index contributed by atoms with van der Waals surface area (Å²) in [6, 6.07) is 16.4. The van der Waals surface area contributed by atoms with Crippen molar-refractivity contribution in [1.82, 2.24) is 20.2 Å². The molecule has 0 amide bonds. The van der Waals surface area contributed by atoms with Crippen LogP contribution in [0.3, 0.4) is 0 Å². The first kappa shape index (κ1) is 18.8. The Morgan fingerprint density at radius 1 is 1.07 bits per heavy atom. The van der Waals surface area contributed by atoms with Gasteiger partial charge in [-0.05, 0) is 43.2 Å². The molecular formula is C21H27N5O. The normalized spacial score (nSPS) is 11.6. The molecule has 0 aliphatic carbocycles. The number of hydrogen-bond acceptors (Lipinski definition) is 3. The highest BCUT2D eigenvalue weighted by atomic mass is 16.5. The van der Waals surface area contributed by atoms with Gasteiger partial charge >= 0.3 is 0 Å². The number of nitrogens with zero attached hydrogens (tertiary/aromatic N) is 3. The highest BCUT2D eigenvalue weighted by molar-refractivity contribution is 5.79. The fourth-order valence-electron chi connectivity index (χ4n) is 3.10. The Labute approximate surface area is 160 Å². The number of ether oxygens (including phenoxy) is 1. The van der Waals surface area contributed by atoms with Gasteiger partial charge in [-0.15, -0.1) is 0 Å². The molecule has 0 spiro atoms. The number of aliphatic imine (C=N–C) groups is 1. The van der Waals surface area contributed by atoms with Gasteiger partial charge in [0.15, 0.2) is 5.96 Å². The van der Waals surface area contributed by atoms with E-state index in [4.69, 9.17) is 4.74 Å². The number of imidazole rings is 1. The summed E-state index contributed by atoms with van der Waals surface area (Å²) in [6.07, 6.45) is 0.927. The Morgan fingerprint density at radius 3 is 2.56 bits per heavy atom. The van der Waals surface area contributed by atoms with Crippen molar-refractivity contribution in [2.24, 2.45) is 4.99 Å². The molecule has 0 bridgehead atoms. The van der Waals surface area contributed by atoms with E-state index in [9.17, 15) is 0 Å². The third kappa shape index (κ3) is 4.78. The van der Waals surface area contributed by atoms with Crippen molar-refractivity contribution < 1.29 is 4.74 Å². The molecule has 6 heteroatoms. The van der Waals surface area contributed by atoms with Crippen LogP contribution < -0.4 is 15.4 Å². The molecule has 0 fully saturated rings. The number of fused-ring (bicyclic) bond motifs is 1. The molecule has 2 N–H and O–H groups in total. The predicted molar refractivity (Wildman–Crippen MR) is 111 cm³/mol. The van der Waals surface area contributed by atoms with Crippen LogP contribution in [0.1, 0.15) is 11.4 Å². The average molecular weight is 365 g/mol. The molecule has 1 heterocycles. The van der Waals surface area contributed by atoms with Gasteiger partial charge in [-0.1, -0.05) is 24.3 Å². The lowest BCUT2D eigenvalue weighted by Gasteiger charge is -2.13. The monoisotopic (exact) mass is 365 g/mol. The summed E-state index contributed by atoms with van der Waals surface area (Å²) in [6.45, 7) is 4.48. The zero-order valence-corrected chi connectivity index (χ0v) is 16.2. The predicted octanol–water partition coefficient (Wildman–Crippen LogP) is 2.76. The van der Waals surface area contributed by atoms with E-state index in [-0.39, 0.29) is 0 Å². The molecular weight excluding hydrogens is 338 g/mol. The zero-order chi connectivity index (χ0) is 19.1. The third-order valence-electron chi connectivity index (χ3n) is 4.56. The molecule has 0 aliphatic heterocycles. The van der Waals surface area contributed by atoms with Crippen LogP contribution in [-0.4, -0.2) is 42.8 Å². The number of para-hydroxylation sites is 2. The number of guanidine groups is 1. The van der Waals surface area contributed by atoms with Gasteiger partial charge in [-0.25, -0.2) is 4.98 Å². The SMILES string of the molecule is CN=C(NCCc1ccc(OC)cc1)NCCn1c(C)nc2ccccc21. The lowest BCUT2D eigenvalue weighted by molar-refractivity contribution is 0.414. The van der Waals surface area contributed by atoms with Crippen LogP contribution in [0.4, 0.5) is 0 Å². The van der Waals surface area contributed by atoms with Crippen molar-refractivity contribution in [3.05, 3.63) is 59.9 Å². The quantitative estimate of drug-likeness (QED) is 0.499. The van der Waals surface area contributed by atoms with Crippen LogP contribution >= 0.6 is 0 Å². The number of rotatable bonds is 7. The Balaban J connectivity index is 1.46. The first-order valence-electron chi connectivity index (χ1n) is 9.20. The van der Waals surface area contributed by atoms with Gasteiger partial charge in [0.2, 0.25) is 0 Å². The Kier molecular flexibility index (Phi) is 6.30. The smallest absolute Gasteiger partial charge is 0.191 e. The van der Waals surface area contributed by atoms with E-state index in [2.05, 4.69) is 43.4 Å². The topological polar surface area (TPSA) is 63.5 Å². The Morgan fingerprint density at radius 2 is 1.81 bits per heavy atom. The van der Waals surface area contributed by atoms with Gasteiger partial charge in [-0.2, -0.15) is 0 Å². The number of aryl methyl sites for hydroxylation is 1. The van der Waals surface area contributed by atoms with Crippen molar-refractivity contribution in [2.75, 3.05) is 27.2 Å². The van der Waals surface area contributed by atoms with Gasteiger partial charge in [0.1, 0.15) is 11.6 Å². The summed E-state index contributed by atoms with van der Waals surface area (Å²) in [5.41, 5.74) is 3.47. The highest BCUT2D eigenvalue weighted by Crippen LogP contribution is 2.14. The molecule has 0 unspecified atom stereocenters. The van der Waals surface area contributed by atoms with E-state index < -0.39 is 0 Å². The molecule has 0 saturated heterocycles. The first-order valence-corrected chi connectivity index (χ1v) is 9.20. The number of hydrogen-bond donors (Lipinski definition) is 2. The first-order chi connectivity index (χ1) is 13.2. The molecule has 2 aromatic carbocycles. The summed E-state index contributed by atoms with van der Waals surface area (Å²) in [5, 5.41) is 6.74. The zero-order valence-electron chi connectivity index (χ0n) is 16.2. The second-order valence-corrected chi connectivity index (χ2v) is 6.32. The standard InChI is InChI=1S/C21H27N5O/c1-16-25-19-6-4-5-7-20(19)26(16)15-14-24-21(22-2)23-13-12-17-8-10-18(27-3)11-9-17/h4-11H,12-15H2,1-3H3,(H2,22,23,24). The Bertz CT molecular complexity index is 899. The van der Waals surface area contributed by atoms with E-state index in [1.54, 1.807) is 14.2 Å². The number of benzene rings is 2. The van der Waals surface area contributed by atoms with Gasteiger partial charge in [0.05, 0.1) is 18.1 Å². The summed E-state index contributed by atoms with van der Waals surface area (Å²) >= 11 is 0. The molecule has 0 aliphatic rings. The highest BCUT2D eigenvalue weighted by Gasteiger charge is 2.06. The molecule has 0 saturated carbocycles. The maximum absolute atomic E-state index is 5.19. The van der Waals surface area contributed by atoms with Gasteiger partial charge < -0.3 is 19.9 Å². The summed E-state index contributed by atoms with van der Waals surface area (Å²) in [4.78, 5) is 8.91. The van der Waals surface area contributed by atoms with Crippen LogP contribution in [0.5, 0.6) is 5.75 Å². The van der Waals surface area contributed by atoms with Gasteiger partial charge in [0.25, 0.3) is 0 Å². The van der Waals surface area contributed by atoms with E-state index in [1.165, 1.54) is 11.1 Å². The molecule has 0 radical (unpaired) electrons. The minimum absolute atomic E-state index is 0.781. The lowest BCUT2D eigenvalue weighted by atomic mass is 10.1. The molecule has 142 valence electrons. The summed E-state index contributed by atoms with van der Waals surface area (Å²) in [7, 11) is 3.47. The van der Waals surface area contributed by atoms with Crippen molar-refractivity contribution in [3.8, 4) is 5.75 Å². The van der Waals surface area contributed by atoms with E-state index in [0.717, 1.165) is 49.1 Å². The van der Waals surface area contributed by atoms with Crippen LogP contribution in [0.25, 0.3) is 11.0 Å². The molecule has 3 aromatic rings.